The highest BCUT2D eigenvalue weighted by molar-refractivity contribution is 5.91. The fourth-order valence-corrected chi connectivity index (χ4v) is 2.36. The summed E-state index contributed by atoms with van der Waals surface area (Å²) in [7, 11) is 1.56. The Morgan fingerprint density at radius 1 is 1.20 bits per heavy atom. The van der Waals surface area contributed by atoms with E-state index >= 15 is 0 Å². The van der Waals surface area contributed by atoms with Crippen molar-refractivity contribution in [2.24, 2.45) is 0 Å². The van der Waals surface area contributed by atoms with Crippen LogP contribution in [-0.4, -0.2) is 26.2 Å². The number of fused-ring (bicyclic) bond motifs is 1. The Morgan fingerprint density at radius 3 is 2.80 bits per heavy atom. The standard InChI is InChI=1S/C19H19NO5/c1-22-16-11-15(12-17-19(16)24-10-9-23-17)7-8-18(21)20-25-13-14-5-3-2-4-6-14/h2-8,11-12H,9-10,13H2,1H3,(H,20,21)/b8-7+. The molecule has 1 aliphatic rings. The molecular weight excluding hydrogens is 322 g/mol. The highest BCUT2D eigenvalue weighted by atomic mass is 16.6. The van der Waals surface area contributed by atoms with Crippen LogP contribution < -0.4 is 19.7 Å². The first kappa shape index (κ1) is 16.9. The van der Waals surface area contributed by atoms with Crippen molar-refractivity contribution in [3.63, 3.8) is 0 Å². The number of hydroxylamine groups is 1. The van der Waals surface area contributed by atoms with E-state index in [0.29, 0.717) is 37.1 Å². The molecule has 0 aromatic heterocycles. The van der Waals surface area contributed by atoms with Gasteiger partial charge in [0.1, 0.15) is 13.2 Å². The summed E-state index contributed by atoms with van der Waals surface area (Å²) < 4.78 is 16.4. The third-order valence-electron chi connectivity index (χ3n) is 3.53. The van der Waals surface area contributed by atoms with E-state index < -0.39 is 0 Å². The molecule has 0 bridgehead atoms. The van der Waals surface area contributed by atoms with Crippen LogP contribution in [0.15, 0.2) is 48.5 Å². The largest absolute Gasteiger partial charge is 0.493 e. The van der Waals surface area contributed by atoms with Crippen LogP contribution in [-0.2, 0) is 16.2 Å². The van der Waals surface area contributed by atoms with Gasteiger partial charge in [-0.2, -0.15) is 0 Å². The number of nitrogens with one attached hydrogen (secondary N) is 1. The molecule has 1 N–H and O–H groups in total. The molecule has 25 heavy (non-hydrogen) atoms. The molecule has 0 fully saturated rings. The maximum absolute atomic E-state index is 11.8. The van der Waals surface area contributed by atoms with E-state index in [-0.39, 0.29) is 5.91 Å². The Bertz CT molecular complexity index is 741. The van der Waals surface area contributed by atoms with E-state index in [4.69, 9.17) is 19.0 Å². The maximum atomic E-state index is 11.8. The molecule has 2 aromatic carbocycles. The Labute approximate surface area is 145 Å². The number of hydrogen-bond acceptors (Lipinski definition) is 5. The van der Waals surface area contributed by atoms with Crippen LogP contribution in [0.4, 0.5) is 0 Å². The van der Waals surface area contributed by atoms with E-state index in [9.17, 15) is 4.79 Å². The van der Waals surface area contributed by atoms with E-state index in [1.807, 2.05) is 30.3 Å². The molecule has 0 saturated heterocycles. The molecule has 0 aliphatic carbocycles. The van der Waals surface area contributed by atoms with E-state index in [1.165, 1.54) is 6.08 Å². The highest BCUT2D eigenvalue weighted by Gasteiger charge is 2.17. The van der Waals surface area contributed by atoms with Crippen molar-refractivity contribution in [1.29, 1.82) is 0 Å². The number of carbonyl (C=O) groups is 1. The first-order valence-corrected chi connectivity index (χ1v) is 7.87. The number of hydrogen-bond donors (Lipinski definition) is 1. The van der Waals surface area contributed by atoms with Crippen molar-refractivity contribution >= 4 is 12.0 Å². The molecule has 1 amide bonds. The van der Waals surface area contributed by atoms with Crippen LogP contribution in [0.3, 0.4) is 0 Å². The van der Waals surface area contributed by atoms with Crippen molar-refractivity contribution in [2.45, 2.75) is 6.61 Å². The molecule has 0 spiro atoms. The van der Waals surface area contributed by atoms with Gasteiger partial charge in [0.15, 0.2) is 11.5 Å². The number of benzene rings is 2. The van der Waals surface area contributed by atoms with Gasteiger partial charge in [0.05, 0.1) is 13.7 Å². The van der Waals surface area contributed by atoms with Gasteiger partial charge in [0.2, 0.25) is 5.75 Å². The van der Waals surface area contributed by atoms with Gasteiger partial charge in [-0.3, -0.25) is 9.63 Å². The van der Waals surface area contributed by atoms with Gasteiger partial charge in [0, 0.05) is 6.08 Å². The second-order valence-electron chi connectivity index (χ2n) is 5.32. The molecule has 0 radical (unpaired) electrons. The first-order chi connectivity index (χ1) is 12.3. The lowest BCUT2D eigenvalue weighted by Gasteiger charge is -2.20. The van der Waals surface area contributed by atoms with Crippen molar-refractivity contribution in [3.8, 4) is 17.2 Å². The van der Waals surface area contributed by atoms with Gasteiger partial charge in [0.25, 0.3) is 5.91 Å². The van der Waals surface area contributed by atoms with E-state index in [2.05, 4.69) is 5.48 Å². The van der Waals surface area contributed by atoms with Crippen molar-refractivity contribution in [1.82, 2.24) is 5.48 Å². The lowest BCUT2D eigenvalue weighted by molar-refractivity contribution is -0.129. The van der Waals surface area contributed by atoms with Crippen LogP contribution in [0.5, 0.6) is 17.2 Å². The number of rotatable bonds is 6. The minimum Gasteiger partial charge on any atom is -0.493 e. The van der Waals surface area contributed by atoms with Gasteiger partial charge in [-0.25, -0.2) is 5.48 Å². The highest BCUT2D eigenvalue weighted by Crippen LogP contribution is 2.40. The van der Waals surface area contributed by atoms with Gasteiger partial charge in [-0.1, -0.05) is 30.3 Å². The fraction of sp³-hybridized carbons (Fsp3) is 0.211. The minimum atomic E-state index is -0.357. The molecule has 0 saturated carbocycles. The Hall–Kier alpha value is -2.99. The molecule has 130 valence electrons. The number of methoxy groups -OCH3 is 1. The predicted octanol–water partition coefficient (Wildman–Crippen LogP) is 2.73. The predicted molar refractivity (Wildman–Crippen MR) is 92.4 cm³/mol. The molecule has 0 unspecified atom stereocenters. The van der Waals surface area contributed by atoms with Gasteiger partial charge in [-0.15, -0.1) is 0 Å². The number of ether oxygens (including phenoxy) is 3. The van der Waals surface area contributed by atoms with Gasteiger partial charge < -0.3 is 14.2 Å². The summed E-state index contributed by atoms with van der Waals surface area (Å²) in [4.78, 5) is 17.0. The SMILES string of the molecule is COc1cc(/C=C/C(=O)NOCc2ccccc2)cc2c1OCCO2. The zero-order valence-electron chi connectivity index (χ0n) is 13.9. The number of amides is 1. The van der Waals surface area contributed by atoms with E-state index in [1.54, 1.807) is 25.3 Å². The summed E-state index contributed by atoms with van der Waals surface area (Å²) in [6.07, 6.45) is 3.04. The van der Waals surface area contributed by atoms with Crippen molar-refractivity contribution < 1.29 is 23.8 Å². The topological polar surface area (TPSA) is 66.0 Å². The van der Waals surface area contributed by atoms with Crippen LogP contribution in [0.1, 0.15) is 11.1 Å². The Balaban J connectivity index is 1.58. The summed E-state index contributed by atoms with van der Waals surface area (Å²) in [5.74, 6) is 1.40. The third kappa shape index (κ3) is 4.51. The molecule has 0 atom stereocenters. The molecule has 1 aliphatic heterocycles. The summed E-state index contributed by atoms with van der Waals surface area (Å²) in [6, 6.07) is 13.2. The zero-order chi connectivity index (χ0) is 17.5. The van der Waals surface area contributed by atoms with Crippen LogP contribution in [0.2, 0.25) is 0 Å². The average Bonchev–Trinajstić information content (AvgIpc) is 2.66. The first-order valence-electron chi connectivity index (χ1n) is 7.87. The minimum absolute atomic E-state index is 0.304. The fourth-order valence-electron chi connectivity index (χ4n) is 2.36. The van der Waals surface area contributed by atoms with Gasteiger partial charge in [-0.05, 0) is 29.3 Å². The Morgan fingerprint density at radius 2 is 2.00 bits per heavy atom. The smallest absolute Gasteiger partial charge is 0.267 e. The maximum Gasteiger partial charge on any atom is 0.267 e. The monoisotopic (exact) mass is 341 g/mol. The van der Waals surface area contributed by atoms with Crippen molar-refractivity contribution in [2.75, 3.05) is 20.3 Å². The molecule has 6 heteroatoms. The van der Waals surface area contributed by atoms with Gasteiger partial charge >= 0.3 is 0 Å². The molecular formula is C19H19NO5. The normalized spacial score (nSPS) is 12.8. The van der Waals surface area contributed by atoms with Crippen LogP contribution in [0.25, 0.3) is 6.08 Å². The summed E-state index contributed by atoms with van der Waals surface area (Å²) in [6.45, 7) is 1.27. The van der Waals surface area contributed by atoms with Crippen molar-refractivity contribution in [3.05, 3.63) is 59.7 Å². The zero-order valence-corrected chi connectivity index (χ0v) is 13.9. The lowest BCUT2D eigenvalue weighted by atomic mass is 10.1. The second kappa shape index (κ2) is 8.21. The Kier molecular flexibility index (Phi) is 5.53. The summed E-state index contributed by atoms with van der Waals surface area (Å²) in [5, 5.41) is 0. The third-order valence-corrected chi connectivity index (χ3v) is 3.53. The molecule has 3 rings (SSSR count). The molecule has 1 heterocycles. The lowest BCUT2D eigenvalue weighted by Crippen LogP contribution is -2.21. The van der Waals surface area contributed by atoms with Crippen LogP contribution in [0, 0.1) is 0 Å². The van der Waals surface area contributed by atoms with Crippen LogP contribution >= 0.6 is 0 Å². The summed E-state index contributed by atoms with van der Waals surface area (Å²) in [5.41, 5.74) is 4.12. The second-order valence-corrected chi connectivity index (χ2v) is 5.32. The quantitative estimate of drug-likeness (QED) is 0.646. The molecule has 6 nitrogen and oxygen atoms in total. The average molecular weight is 341 g/mol. The summed E-state index contributed by atoms with van der Waals surface area (Å²) >= 11 is 0. The molecule has 2 aromatic rings. The van der Waals surface area contributed by atoms with E-state index in [0.717, 1.165) is 11.1 Å². The number of carbonyl (C=O) groups excluding carboxylic acids is 1.